The molecule has 1 unspecified atom stereocenters. The first-order valence-electron chi connectivity index (χ1n) is 14.4. The Morgan fingerprint density at radius 3 is 2.19 bits per heavy atom. The van der Waals surface area contributed by atoms with E-state index in [2.05, 4.69) is 10.6 Å². The van der Waals surface area contributed by atoms with Crippen molar-refractivity contribution in [3.63, 3.8) is 0 Å². The highest BCUT2D eigenvalue weighted by Crippen LogP contribution is 2.25. The van der Waals surface area contributed by atoms with Gasteiger partial charge < -0.3 is 29.0 Å². The third-order valence-corrected chi connectivity index (χ3v) is 6.47. The molecule has 0 aliphatic carbocycles. The monoisotopic (exact) mass is 592 g/mol. The van der Waals surface area contributed by atoms with Crippen LogP contribution in [0.3, 0.4) is 0 Å². The average molecular weight is 593 g/mol. The van der Waals surface area contributed by atoms with E-state index in [-0.39, 0.29) is 18.0 Å². The fourth-order valence-corrected chi connectivity index (χ4v) is 4.62. The Morgan fingerprint density at radius 1 is 0.952 bits per heavy atom. The van der Waals surface area contributed by atoms with Crippen LogP contribution < -0.4 is 16.3 Å². The Kier molecular flexibility index (Phi) is 13.0. The minimum Gasteiger partial charge on any atom is -0.444 e. The molecule has 2 N–H and O–H groups in total. The molecule has 13 nitrogen and oxygen atoms in total. The van der Waals surface area contributed by atoms with Crippen molar-refractivity contribution < 1.29 is 38.1 Å². The number of carbonyl (C=O) groups is 3. The van der Waals surface area contributed by atoms with Crippen LogP contribution in [0.5, 0.6) is 0 Å². The number of benzene rings is 1. The minimum atomic E-state index is -0.698. The number of amides is 3. The molecule has 0 bridgehead atoms. The zero-order valence-corrected chi connectivity index (χ0v) is 25.1. The molecule has 1 saturated heterocycles. The van der Waals surface area contributed by atoms with Gasteiger partial charge in [0.15, 0.2) is 0 Å². The summed E-state index contributed by atoms with van der Waals surface area (Å²) in [4.78, 5) is 48.5. The first-order chi connectivity index (χ1) is 20.1. The lowest BCUT2D eigenvalue weighted by atomic mass is 10.0. The van der Waals surface area contributed by atoms with Crippen molar-refractivity contribution in [2.45, 2.75) is 58.1 Å². The van der Waals surface area contributed by atoms with Crippen LogP contribution in [0.25, 0.3) is 11.0 Å². The number of piperidine rings is 1. The summed E-state index contributed by atoms with van der Waals surface area (Å²) in [5.41, 5.74) is 1.68. The van der Waals surface area contributed by atoms with Crippen molar-refractivity contribution >= 4 is 28.9 Å². The summed E-state index contributed by atoms with van der Waals surface area (Å²) in [6.45, 7) is 9.36. The molecular weight excluding hydrogens is 548 g/mol. The third-order valence-electron chi connectivity index (χ3n) is 6.47. The first kappa shape index (κ1) is 33.2. The molecule has 0 radical (unpaired) electrons. The van der Waals surface area contributed by atoms with Crippen molar-refractivity contribution in [2.24, 2.45) is 7.05 Å². The Balaban J connectivity index is 1.24. The van der Waals surface area contributed by atoms with Crippen molar-refractivity contribution in [1.29, 1.82) is 0 Å². The van der Waals surface area contributed by atoms with E-state index in [9.17, 15) is 19.2 Å². The van der Waals surface area contributed by atoms with Gasteiger partial charge in [0, 0.05) is 26.6 Å². The maximum atomic E-state index is 13.0. The van der Waals surface area contributed by atoms with Gasteiger partial charge in [0.2, 0.25) is 11.8 Å². The van der Waals surface area contributed by atoms with E-state index in [0.29, 0.717) is 77.8 Å². The average Bonchev–Trinajstić information content (AvgIpc) is 3.17. The first-order valence-corrected chi connectivity index (χ1v) is 14.4. The van der Waals surface area contributed by atoms with Crippen molar-refractivity contribution in [3.05, 3.63) is 34.2 Å². The molecular formula is C29H44N4O9. The van der Waals surface area contributed by atoms with Crippen molar-refractivity contribution in [3.8, 4) is 0 Å². The second kappa shape index (κ2) is 16.4. The summed E-state index contributed by atoms with van der Waals surface area (Å²) >= 11 is 0. The number of aromatic nitrogens is 2. The Hall–Kier alpha value is -3.26. The van der Waals surface area contributed by atoms with Gasteiger partial charge in [0.05, 0.1) is 57.3 Å². The minimum absolute atomic E-state index is 0.208. The maximum absolute atomic E-state index is 13.0. The number of hydrogen-bond acceptors (Lipinski definition) is 9. The summed E-state index contributed by atoms with van der Waals surface area (Å²) < 4.78 is 30.3. The molecule has 1 aromatic heterocycles. The van der Waals surface area contributed by atoms with E-state index >= 15 is 0 Å². The van der Waals surface area contributed by atoms with Crippen LogP contribution >= 0.6 is 0 Å². The van der Waals surface area contributed by atoms with Gasteiger partial charge in [-0.05, 0) is 51.7 Å². The zero-order valence-electron chi connectivity index (χ0n) is 25.1. The van der Waals surface area contributed by atoms with E-state index < -0.39 is 23.6 Å². The Bertz CT molecular complexity index is 1250. The van der Waals surface area contributed by atoms with Gasteiger partial charge >= 0.3 is 11.8 Å². The van der Waals surface area contributed by atoms with Crippen LogP contribution in [-0.4, -0.2) is 92.0 Å². The van der Waals surface area contributed by atoms with Gasteiger partial charge in [-0.25, -0.2) is 9.59 Å². The van der Waals surface area contributed by atoms with Crippen LogP contribution in [-0.2, 0) is 46.7 Å². The highest BCUT2D eigenvalue weighted by atomic mass is 16.6. The number of nitrogens with zero attached hydrogens (tertiary/aromatic N) is 2. The fraction of sp³-hybridized carbons (Fsp3) is 0.655. The number of para-hydroxylation sites is 1. The maximum Gasteiger partial charge on any atom is 0.407 e. The molecule has 42 heavy (non-hydrogen) atoms. The van der Waals surface area contributed by atoms with Gasteiger partial charge in [0.25, 0.3) is 0 Å². The second-order valence-electron chi connectivity index (χ2n) is 10.9. The molecule has 0 saturated carbocycles. The summed E-state index contributed by atoms with van der Waals surface area (Å²) in [6, 6.07) is 5.00. The highest BCUT2D eigenvalue weighted by Gasteiger charge is 2.31. The van der Waals surface area contributed by atoms with Crippen molar-refractivity contribution in [1.82, 2.24) is 19.8 Å². The normalized spacial score (nSPS) is 15.7. The Labute approximate surface area is 245 Å². The molecule has 2 heterocycles. The van der Waals surface area contributed by atoms with E-state index in [1.165, 1.54) is 4.57 Å². The van der Waals surface area contributed by atoms with Gasteiger partial charge in [-0.2, -0.15) is 0 Å². The SMILES string of the molecule is Cn1c(=O)n(C2CCC(=O)NC2=O)c2cccc(CCCOCCOCCOCCOCCNC(=O)OC(C)(C)C)c21. The zero-order chi connectivity index (χ0) is 30.5. The number of carbonyl (C=O) groups excluding carboxylic acids is 3. The standard InChI is InChI=1S/C29H44N4O9/c1-29(2,3)42-27(36)30-12-14-39-16-18-41-20-19-40-17-15-38-13-6-8-21-7-5-9-22-25(21)32(4)28(37)33(22)23-10-11-24(34)31-26(23)35/h5,7,9,23H,6,8,10-20H2,1-4H3,(H,30,36)(H,31,34,35). The topological polar surface area (TPSA) is 148 Å². The quantitative estimate of drug-likeness (QED) is 0.207. The van der Waals surface area contributed by atoms with Gasteiger partial charge in [-0.3, -0.25) is 24.0 Å². The summed E-state index contributed by atoms with van der Waals surface area (Å²) in [5, 5.41) is 4.96. The summed E-state index contributed by atoms with van der Waals surface area (Å²) in [6.07, 6.45) is 1.51. The van der Waals surface area contributed by atoms with Crippen LogP contribution in [0.4, 0.5) is 4.79 Å². The second-order valence-corrected chi connectivity index (χ2v) is 10.9. The van der Waals surface area contributed by atoms with E-state index in [1.807, 2.05) is 39.0 Å². The number of aryl methyl sites for hydroxylation is 2. The van der Waals surface area contributed by atoms with E-state index in [4.69, 9.17) is 23.7 Å². The van der Waals surface area contributed by atoms with Crippen LogP contribution in [0.15, 0.2) is 23.0 Å². The number of imidazole rings is 1. The smallest absolute Gasteiger partial charge is 0.407 e. The number of alkyl carbamates (subject to hydrolysis) is 1. The number of nitrogens with one attached hydrogen (secondary N) is 2. The molecule has 1 aliphatic rings. The molecule has 1 atom stereocenters. The number of imide groups is 1. The molecule has 2 aromatic rings. The van der Waals surface area contributed by atoms with Gasteiger partial charge in [0.1, 0.15) is 11.6 Å². The number of hydrogen-bond donors (Lipinski definition) is 2. The molecule has 1 aromatic carbocycles. The molecule has 13 heteroatoms. The summed E-state index contributed by atoms with van der Waals surface area (Å²) in [5.74, 6) is -0.752. The Morgan fingerprint density at radius 2 is 1.57 bits per heavy atom. The van der Waals surface area contributed by atoms with E-state index in [1.54, 1.807) is 11.6 Å². The van der Waals surface area contributed by atoms with Crippen LogP contribution in [0.1, 0.15) is 51.6 Å². The number of rotatable bonds is 17. The van der Waals surface area contributed by atoms with Gasteiger partial charge in [-0.15, -0.1) is 0 Å². The highest BCUT2D eigenvalue weighted by molar-refractivity contribution is 6.00. The third kappa shape index (κ3) is 10.2. The lowest BCUT2D eigenvalue weighted by Crippen LogP contribution is -2.44. The largest absolute Gasteiger partial charge is 0.444 e. The molecule has 3 rings (SSSR count). The molecule has 0 spiro atoms. The fourth-order valence-electron chi connectivity index (χ4n) is 4.62. The van der Waals surface area contributed by atoms with E-state index in [0.717, 1.165) is 17.5 Å². The van der Waals surface area contributed by atoms with Crippen LogP contribution in [0.2, 0.25) is 0 Å². The van der Waals surface area contributed by atoms with Crippen LogP contribution in [0, 0.1) is 0 Å². The lowest BCUT2D eigenvalue weighted by Gasteiger charge is -2.21. The lowest BCUT2D eigenvalue weighted by molar-refractivity contribution is -0.135. The van der Waals surface area contributed by atoms with Gasteiger partial charge in [-0.1, -0.05) is 12.1 Å². The predicted molar refractivity (Wildman–Crippen MR) is 154 cm³/mol. The number of fused-ring (bicyclic) bond motifs is 1. The molecule has 3 amide bonds. The molecule has 1 fully saturated rings. The van der Waals surface area contributed by atoms with Crippen molar-refractivity contribution in [2.75, 3.05) is 59.4 Å². The molecule has 234 valence electrons. The summed E-state index contributed by atoms with van der Waals surface area (Å²) in [7, 11) is 1.70. The predicted octanol–water partition coefficient (Wildman–Crippen LogP) is 1.84. The number of ether oxygens (including phenoxy) is 5. The molecule has 1 aliphatic heterocycles.